The van der Waals surface area contributed by atoms with Gasteiger partial charge in [0, 0.05) is 39.7 Å². The third kappa shape index (κ3) is 6.65. The highest BCUT2D eigenvalue weighted by atomic mass is 32.1. The minimum Gasteiger partial charge on any atom is -0.374 e. The zero-order valence-electron chi connectivity index (χ0n) is 16.0. The topological polar surface area (TPSA) is 61.8 Å². The predicted octanol–water partition coefficient (Wildman–Crippen LogP) is 3.04. The molecule has 0 aliphatic heterocycles. The molecule has 1 heterocycles. The Morgan fingerprint density at radius 3 is 2.69 bits per heavy atom. The summed E-state index contributed by atoms with van der Waals surface area (Å²) < 4.78 is 5.88. The molecule has 0 amide bonds. The van der Waals surface area contributed by atoms with Crippen LogP contribution in [0.3, 0.4) is 0 Å². The molecule has 7 heteroatoms. The molecule has 0 fully saturated rings. The van der Waals surface area contributed by atoms with Crippen molar-refractivity contribution in [1.29, 1.82) is 0 Å². The number of nitrogens with zero attached hydrogens (tertiary/aromatic N) is 3. The van der Waals surface area contributed by atoms with Crippen LogP contribution in [-0.2, 0) is 11.3 Å². The van der Waals surface area contributed by atoms with Gasteiger partial charge in [0.15, 0.2) is 11.1 Å². The summed E-state index contributed by atoms with van der Waals surface area (Å²) in [7, 11) is 5.77. The van der Waals surface area contributed by atoms with Crippen molar-refractivity contribution < 1.29 is 4.74 Å². The number of nitrogens with one attached hydrogen (secondary N) is 2. The van der Waals surface area contributed by atoms with Gasteiger partial charge in [-0.3, -0.25) is 4.99 Å². The molecule has 0 aliphatic rings. The molecule has 2 rings (SSSR count). The molecule has 0 aliphatic carbocycles. The Balaban J connectivity index is 1.62. The first-order chi connectivity index (χ1) is 12.6. The molecule has 1 aromatic carbocycles. The molecule has 0 saturated heterocycles. The molecule has 0 radical (unpaired) electrons. The number of anilines is 1. The monoisotopic (exact) mass is 375 g/mol. The van der Waals surface area contributed by atoms with E-state index in [2.05, 4.69) is 45.0 Å². The van der Waals surface area contributed by atoms with Gasteiger partial charge >= 0.3 is 0 Å². The number of guanidine groups is 1. The van der Waals surface area contributed by atoms with Crippen LogP contribution in [0.25, 0.3) is 0 Å². The van der Waals surface area contributed by atoms with E-state index in [1.807, 2.05) is 37.2 Å². The van der Waals surface area contributed by atoms with Crippen LogP contribution in [0, 0.1) is 0 Å². The molecule has 2 aromatic rings. The molecule has 142 valence electrons. The summed E-state index contributed by atoms with van der Waals surface area (Å²) in [6, 6.07) is 10.3. The van der Waals surface area contributed by atoms with Crippen LogP contribution in [-0.4, -0.2) is 45.2 Å². The maximum atomic E-state index is 5.88. The van der Waals surface area contributed by atoms with E-state index in [9.17, 15) is 0 Å². The van der Waals surface area contributed by atoms with Crippen LogP contribution in [0.15, 0.2) is 40.7 Å². The van der Waals surface area contributed by atoms with Gasteiger partial charge < -0.3 is 20.3 Å². The SMILES string of the molecule is CN=C(NCCCOC(C)c1ccccc1)NCc1csc(N(C)C)n1. The molecular formula is C19H29N5OS. The van der Waals surface area contributed by atoms with Gasteiger partial charge in [0.25, 0.3) is 0 Å². The first-order valence-electron chi connectivity index (χ1n) is 8.83. The highest BCUT2D eigenvalue weighted by Gasteiger charge is 2.06. The van der Waals surface area contributed by atoms with Crippen LogP contribution >= 0.6 is 11.3 Å². The van der Waals surface area contributed by atoms with Gasteiger partial charge in [-0.15, -0.1) is 11.3 Å². The third-order valence-electron chi connectivity index (χ3n) is 3.83. The average molecular weight is 376 g/mol. The quantitative estimate of drug-likeness (QED) is 0.401. The normalized spacial score (nSPS) is 12.7. The fourth-order valence-corrected chi connectivity index (χ4v) is 3.10. The maximum absolute atomic E-state index is 5.88. The Morgan fingerprint density at radius 1 is 1.27 bits per heavy atom. The fourth-order valence-electron chi connectivity index (χ4n) is 2.34. The Kier molecular flexibility index (Phi) is 8.37. The molecule has 2 N–H and O–H groups in total. The van der Waals surface area contributed by atoms with E-state index in [-0.39, 0.29) is 6.10 Å². The standard InChI is InChI=1S/C19H29N5OS/c1-15(16-9-6-5-7-10-16)25-12-8-11-21-18(20-2)22-13-17-14-26-19(23-17)24(3)4/h5-7,9-10,14-15H,8,11-13H2,1-4H3,(H2,20,21,22). The largest absolute Gasteiger partial charge is 0.374 e. The number of thiazole rings is 1. The number of aromatic nitrogens is 1. The van der Waals surface area contributed by atoms with Crippen molar-refractivity contribution in [3.63, 3.8) is 0 Å². The highest BCUT2D eigenvalue weighted by molar-refractivity contribution is 7.13. The Morgan fingerprint density at radius 2 is 2.04 bits per heavy atom. The van der Waals surface area contributed by atoms with Gasteiger partial charge in [-0.25, -0.2) is 4.98 Å². The Labute approximate surface area is 160 Å². The smallest absolute Gasteiger partial charge is 0.191 e. The van der Waals surface area contributed by atoms with Crippen molar-refractivity contribution in [2.75, 3.05) is 39.2 Å². The number of rotatable bonds is 9. The van der Waals surface area contributed by atoms with Crippen LogP contribution in [0.5, 0.6) is 0 Å². The second kappa shape index (κ2) is 10.8. The number of hydrogen-bond acceptors (Lipinski definition) is 5. The van der Waals surface area contributed by atoms with Crippen molar-refractivity contribution in [3.8, 4) is 0 Å². The van der Waals surface area contributed by atoms with E-state index in [4.69, 9.17) is 4.74 Å². The van der Waals surface area contributed by atoms with Crippen LogP contribution < -0.4 is 15.5 Å². The summed E-state index contributed by atoms with van der Waals surface area (Å²) in [5, 5.41) is 9.67. The van der Waals surface area contributed by atoms with Crippen LogP contribution in [0.2, 0.25) is 0 Å². The zero-order chi connectivity index (χ0) is 18.8. The van der Waals surface area contributed by atoms with E-state index in [1.54, 1.807) is 18.4 Å². The summed E-state index contributed by atoms with van der Waals surface area (Å²) in [6.45, 7) is 4.25. The van der Waals surface area contributed by atoms with Gasteiger partial charge in [0.2, 0.25) is 0 Å². The minimum atomic E-state index is 0.115. The average Bonchev–Trinajstić information content (AvgIpc) is 3.14. The molecule has 0 spiro atoms. The first-order valence-corrected chi connectivity index (χ1v) is 9.71. The summed E-state index contributed by atoms with van der Waals surface area (Å²) in [5.74, 6) is 0.778. The van der Waals surface area contributed by atoms with Gasteiger partial charge in [-0.05, 0) is 18.9 Å². The zero-order valence-corrected chi connectivity index (χ0v) is 16.8. The summed E-state index contributed by atoms with van der Waals surface area (Å²) >= 11 is 1.64. The van der Waals surface area contributed by atoms with Gasteiger partial charge in [0.1, 0.15) is 0 Å². The van der Waals surface area contributed by atoms with Crippen molar-refractivity contribution >= 4 is 22.4 Å². The lowest BCUT2D eigenvalue weighted by atomic mass is 10.1. The van der Waals surface area contributed by atoms with Gasteiger partial charge in [-0.2, -0.15) is 0 Å². The minimum absolute atomic E-state index is 0.115. The van der Waals surface area contributed by atoms with Crippen molar-refractivity contribution in [2.45, 2.75) is 26.0 Å². The number of ether oxygens (including phenoxy) is 1. The number of aliphatic imine (C=N–C) groups is 1. The number of benzene rings is 1. The van der Waals surface area contributed by atoms with Gasteiger partial charge in [0.05, 0.1) is 18.3 Å². The maximum Gasteiger partial charge on any atom is 0.191 e. The molecule has 1 aromatic heterocycles. The lowest BCUT2D eigenvalue weighted by molar-refractivity contribution is 0.0646. The van der Waals surface area contributed by atoms with E-state index in [0.717, 1.165) is 29.8 Å². The molecule has 1 unspecified atom stereocenters. The molecule has 1 atom stereocenters. The van der Waals surface area contributed by atoms with Crippen molar-refractivity contribution in [3.05, 3.63) is 47.0 Å². The van der Waals surface area contributed by atoms with E-state index >= 15 is 0 Å². The lowest BCUT2D eigenvalue weighted by Crippen LogP contribution is -2.37. The highest BCUT2D eigenvalue weighted by Crippen LogP contribution is 2.17. The van der Waals surface area contributed by atoms with Gasteiger partial charge in [-0.1, -0.05) is 30.3 Å². The molecule has 0 bridgehead atoms. The van der Waals surface area contributed by atoms with Crippen LogP contribution in [0.1, 0.15) is 30.7 Å². The molecular weight excluding hydrogens is 346 g/mol. The summed E-state index contributed by atoms with van der Waals surface area (Å²) in [6.07, 6.45) is 1.03. The number of hydrogen-bond donors (Lipinski definition) is 2. The predicted molar refractivity (Wildman–Crippen MR) is 110 cm³/mol. The summed E-state index contributed by atoms with van der Waals surface area (Å²) in [4.78, 5) is 10.8. The second-order valence-electron chi connectivity index (χ2n) is 6.15. The van der Waals surface area contributed by atoms with Crippen LogP contribution in [0.4, 0.5) is 5.13 Å². The van der Waals surface area contributed by atoms with E-state index in [0.29, 0.717) is 13.2 Å². The van der Waals surface area contributed by atoms with Crippen molar-refractivity contribution in [2.24, 2.45) is 4.99 Å². The Bertz CT molecular complexity index is 672. The first kappa shape index (κ1) is 20.2. The fraction of sp³-hybridized carbons (Fsp3) is 0.474. The summed E-state index contributed by atoms with van der Waals surface area (Å²) in [5.41, 5.74) is 2.22. The molecule has 26 heavy (non-hydrogen) atoms. The second-order valence-corrected chi connectivity index (χ2v) is 6.98. The molecule has 0 saturated carbocycles. The van der Waals surface area contributed by atoms with E-state index < -0.39 is 0 Å². The lowest BCUT2D eigenvalue weighted by Gasteiger charge is -2.14. The van der Waals surface area contributed by atoms with Crippen molar-refractivity contribution in [1.82, 2.24) is 15.6 Å². The third-order valence-corrected chi connectivity index (χ3v) is 4.89. The Hall–Kier alpha value is -2.12. The molecule has 6 nitrogen and oxygen atoms in total. The van der Waals surface area contributed by atoms with E-state index in [1.165, 1.54) is 5.56 Å².